The summed E-state index contributed by atoms with van der Waals surface area (Å²) < 4.78 is 0. The number of carbonyl (C=O) groups is 4. The van der Waals surface area contributed by atoms with Gasteiger partial charge >= 0.3 is 5.97 Å². The van der Waals surface area contributed by atoms with Gasteiger partial charge in [-0.2, -0.15) is 0 Å². The highest BCUT2D eigenvalue weighted by Crippen LogP contribution is 2.58. The molecule has 6 heterocycles. The standard InChI is InChI=1S/C28H30Cl2N4O2S.C22H20Cl2N2O2S.C6H12N2O/c1-16(2)22-23(26(36)33-15-14-21(33)25(35)32(4)5)37-27-31-28(3,18-8-12-20(30)13-9-18)24(34(22)27)17-6-10-19(29)11-7-17;1-12(2)17-18(20(27)28)29-21-25-22(3,14-6-10-16(24)11-7-14)19(26(17)21)13-4-8-15(23)9-5-13;1-8(2)6(9)5-3-4-7-5/h6-13,16,21,24H,14-15H2,1-5H3;4-12,19H,1-3H3,(H,27,28);5,7H,3-4H2,1-2H3/t21-,24+,28-;19-,22+;/m01./s1. The van der Waals surface area contributed by atoms with Crippen molar-refractivity contribution in [2.45, 2.75) is 89.6 Å². The van der Waals surface area contributed by atoms with Gasteiger partial charge in [0.25, 0.3) is 5.91 Å². The van der Waals surface area contributed by atoms with Gasteiger partial charge in [-0.05, 0) is 139 Å². The summed E-state index contributed by atoms with van der Waals surface area (Å²) >= 11 is 27.3. The molecule has 6 atom stereocenters. The van der Waals surface area contributed by atoms with Gasteiger partial charge in [-0.25, -0.2) is 14.8 Å². The molecular weight excluding hydrogens is 1070 g/mol. The van der Waals surface area contributed by atoms with Crippen molar-refractivity contribution in [1.29, 1.82) is 0 Å². The number of allylic oxidation sites excluding steroid dienone is 2. The number of halogens is 4. The molecule has 6 aliphatic heterocycles. The number of likely N-dealkylation sites (tertiary alicyclic amines) is 1. The summed E-state index contributed by atoms with van der Waals surface area (Å²) in [6.45, 7) is 14.0. The minimum Gasteiger partial charge on any atom is -0.477 e. The summed E-state index contributed by atoms with van der Waals surface area (Å²) in [5.41, 5.74) is 4.64. The monoisotopic (exact) mass is 1130 g/mol. The normalized spacial score (nSPS) is 24.3. The second-order valence-corrected chi connectivity index (χ2v) is 24.3. The fraction of sp³-hybridized carbons (Fsp3) is 0.393. The van der Waals surface area contributed by atoms with Crippen LogP contribution in [0.3, 0.4) is 0 Å². The molecule has 396 valence electrons. The largest absolute Gasteiger partial charge is 0.477 e. The van der Waals surface area contributed by atoms with Crippen LogP contribution in [-0.4, -0.2) is 117 Å². The lowest BCUT2D eigenvalue weighted by Crippen LogP contribution is -2.58. The SMILES string of the molecule is CC(C)C1=C(C(=O)N2CC[C@H]2C(=O)N(C)C)SC2=N[C@@](C)(c3ccc(Cl)cc3)[C@@H](c3ccc(Cl)cc3)N21.CC(C)C1=C(C(=O)O)SC2=N[C@@](C)(c3ccc(Cl)cc3)[C@@H](c3ccc(Cl)cc3)N21.CN(C)C(=O)C1CCN1. The summed E-state index contributed by atoms with van der Waals surface area (Å²) in [6, 6.07) is 30.4. The summed E-state index contributed by atoms with van der Waals surface area (Å²) in [6.07, 6.45) is 1.68. The number of rotatable bonds is 10. The van der Waals surface area contributed by atoms with Crippen molar-refractivity contribution in [2.75, 3.05) is 41.3 Å². The van der Waals surface area contributed by atoms with E-state index in [2.05, 4.69) is 42.8 Å². The van der Waals surface area contributed by atoms with Crippen LogP contribution < -0.4 is 5.32 Å². The first-order valence-corrected chi connectivity index (χ1v) is 28.0. The highest BCUT2D eigenvalue weighted by Gasteiger charge is 2.55. The van der Waals surface area contributed by atoms with E-state index in [0.29, 0.717) is 48.0 Å². The number of nitrogens with zero attached hydrogens (tertiary/aromatic N) is 7. The molecule has 6 aliphatic rings. The lowest BCUT2D eigenvalue weighted by atomic mass is 9.81. The Morgan fingerprint density at radius 2 is 0.987 bits per heavy atom. The summed E-state index contributed by atoms with van der Waals surface area (Å²) in [5.74, 6) is -0.767. The number of benzene rings is 4. The molecule has 4 aromatic carbocycles. The number of thioether (sulfide) groups is 2. The van der Waals surface area contributed by atoms with Crippen LogP contribution in [0.2, 0.25) is 20.1 Å². The van der Waals surface area contributed by atoms with Crippen molar-refractivity contribution < 1.29 is 24.3 Å². The van der Waals surface area contributed by atoms with Gasteiger partial charge in [0.2, 0.25) is 11.8 Å². The number of carboxylic acid groups (broad SMARTS) is 1. The Balaban J connectivity index is 0.000000174. The van der Waals surface area contributed by atoms with Gasteiger partial charge in [-0.1, -0.05) is 123 Å². The predicted octanol–water partition coefficient (Wildman–Crippen LogP) is 11.7. The number of carbonyl (C=O) groups excluding carboxylic acids is 3. The molecule has 2 fully saturated rings. The van der Waals surface area contributed by atoms with E-state index in [1.165, 1.54) is 23.5 Å². The Morgan fingerprint density at radius 3 is 1.29 bits per heavy atom. The van der Waals surface area contributed by atoms with Gasteiger partial charge in [-0.15, -0.1) is 0 Å². The van der Waals surface area contributed by atoms with Crippen LogP contribution in [0.25, 0.3) is 0 Å². The molecule has 1 unspecified atom stereocenters. The topological polar surface area (TPSA) is 141 Å². The molecule has 75 heavy (non-hydrogen) atoms. The van der Waals surface area contributed by atoms with E-state index in [0.717, 1.165) is 51.8 Å². The molecule has 4 aromatic rings. The average Bonchev–Trinajstić information content (AvgIpc) is 4.04. The minimum absolute atomic E-state index is 0.0312. The van der Waals surface area contributed by atoms with Crippen molar-refractivity contribution >= 4 is 104 Å². The average molecular weight is 1130 g/mol. The Morgan fingerprint density at radius 1 is 0.613 bits per heavy atom. The van der Waals surface area contributed by atoms with Gasteiger partial charge in [0.1, 0.15) is 26.9 Å². The molecule has 0 radical (unpaired) electrons. The number of hydrogen-bond acceptors (Lipinski definition) is 11. The second-order valence-electron chi connectivity index (χ2n) is 20.6. The first kappa shape index (κ1) is 56.2. The van der Waals surface area contributed by atoms with E-state index in [1.54, 1.807) is 42.9 Å². The zero-order valence-electron chi connectivity index (χ0n) is 43.6. The Kier molecular flexibility index (Phi) is 16.9. The molecule has 13 nitrogen and oxygen atoms in total. The van der Waals surface area contributed by atoms with Crippen LogP contribution in [0.1, 0.15) is 88.7 Å². The van der Waals surface area contributed by atoms with Gasteiger partial charge in [-0.3, -0.25) is 14.4 Å². The number of fused-ring (bicyclic) bond motifs is 2. The van der Waals surface area contributed by atoms with Gasteiger partial charge < -0.3 is 34.9 Å². The number of amidine groups is 2. The third kappa shape index (κ3) is 11.0. The molecule has 2 N–H and O–H groups in total. The van der Waals surface area contributed by atoms with E-state index < -0.39 is 23.1 Å². The van der Waals surface area contributed by atoms with Crippen molar-refractivity contribution in [3.63, 3.8) is 0 Å². The van der Waals surface area contributed by atoms with Crippen molar-refractivity contribution in [2.24, 2.45) is 21.8 Å². The van der Waals surface area contributed by atoms with Crippen molar-refractivity contribution in [3.8, 4) is 0 Å². The van der Waals surface area contributed by atoms with Gasteiger partial charge in [0.05, 0.1) is 18.1 Å². The smallest absolute Gasteiger partial charge is 0.344 e. The number of amides is 3. The Bertz CT molecular complexity index is 2980. The zero-order valence-corrected chi connectivity index (χ0v) is 48.2. The van der Waals surface area contributed by atoms with Crippen LogP contribution in [0.4, 0.5) is 0 Å². The summed E-state index contributed by atoms with van der Waals surface area (Å²) in [5, 5.41) is 17.0. The maximum absolute atomic E-state index is 13.8. The number of carboxylic acids is 1. The fourth-order valence-electron chi connectivity index (χ4n) is 10.3. The number of hydrogen-bond donors (Lipinski definition) is 2. The van der Waals surface area contributed by atoms with Crippen LogP contribution in [-0.2, 0) is 30.3 Å². The maximum Gasteiger partial charge on any atom is 0.344 e. The number of aliphatic carboxylic acids is 1. The molecule has 0 aliphatic carbocycles. The molecule has 2 saturated heterocycles. The molecular formula is C56H62Cl4N8O5S2. The van der Waals surface area contributed by atoms with Crippen molar-refractivity contribution in [1.82, 2.24) is 29.8 Å². The highest BCUT2D eigenvalue weighted by atomic mass is 35.5. The number of aliphatic imine (C=N–C) groups is 2. The third-order valence-corrected chi connectivity index (χ3v) is 17.4. The first-order chi connectivity index (χ1) is 35.5. The van der Waals surface area contributed by atoms with Crippen molar-refractivity contribution in [3.05, 3.63) is 161 Å². The van der Waals surface area contributed by atoms with E-state index in [4.69, 9.17) is 56.4 Å². The van der Waals surface area contributed by atoms with E-state index in [9.17, 15) is 24.3 Å². The number of nitrogens with one attached hydrogen (secondary N) is 1. The molecule has 0 spiro atoms. The molecule has 19 heteroatoms. The quantitative estimate of drug-likeness (QED) is 0.158. The fourth-order valence-corrected chi connectivity index (χ4v) is 13.4. The maximum atomic E-state index is 13.8. The summed E-state index contributed by atoms with van der Waals surface area (Å²) in [7, 11) is 7.02. The third-order valence-electron chi connectivity index (χ3n) is 14.3. The number of likely N-dealkylation sites (N-methyl/N-ethyl adjacent to an activating group) is 2. The highest BCUT2D eigenvalue weighted by molar-refractivity contribution is 8.18. The molecule has 0 aromatic heterocycles. The van der Waals surface area contributed by atoms with Gasteiger partial charge in [0, 0.05) is 66.2 Å². The van der Waals surface area contributed by atoms with E-state index >= 15 is 0 Å². The molecule has 0 bridgehead atoms. The molecule has 0 saturated carbocycles. The molecule has 3 amide bonds. The second kappa shape index (κ2) is 22.5. The van der Waals surface area contributed by atoms with Gasteiger partial charge in [0.15, 0.2) is 10.3 Å². The minimum atomic E-state index is -0.918. The first-order valence-electron chi connectivity index (χ1n) is 24.8. The van der Waals surface area contributed by atoms with Crippen LogP contribution in [0, 0.1) is 11.8 Å². The van der Waals surface area contributed by atoms with E-state index in [-0.39, 0.29) is 47.7 Å². The Hall–Kier alpha value is -5.00. The summed E-state index contributed by atoms with van der Waals surface area (Å²) in [4.78, 5) is 69.9. The lowest BCUT2D eigenvalue weighted by Gasteiger charge is -2.41. The predicted molar refractivity (Wildman–Crippen MR) is 305 cm³/mol. The van der Waals surface area contributed by atoms with Crippen LogP contribution in [0.5, 0.6) is 0 Å². The zero-order chi connectivity index (χ0) is 54.4. The van der Waals surface area contributed by atoms with Crippen LogP contribution in [0.15, 0.2) is 128 Å². The van der Waals surface area contributed by atoms with Crippen LogP contribution >= 0.6 is 69.9 Å². The molecule has 10 rings (SSSR count). The Labute approximate surface area is 468 Å². The van der Waals surface area contributed by atoms with E-state index in [1.807, 2.05) is 111 Å². The lowest BCUT2D eigenvalue weighted by molar-refractivity contribution is -0.148.